The maximum absolute atomic E-state index is 8.85. The molecule has 0 aliphatic heterocycles. The standard InChI is InChI=1S/C8H8N2OS/c9-8-10-6-3-5(4-11)1-2-7(6)12-8/h1-3,11H,4H2,(H2,9,10). The Morgan fingerprint density at radius 3 is 3.08 bits per heavy atom. The molecule has 0 bridgehead atoms. The van der Waals surface area contributed by atoms with Gasteiger partial charge in [-0.05, 0) is 17.7 Å². The van der Waals surface area contributed by atoms with E-state index < -0.39 is 0 Å². The molecule has 0 radical (unpaired) electrons. The molecule has 1 aromatic carbocycles. The molecular formula is C8H8N2OS. The largest absolute Gasteiger partial charge is 0.392 e. The highest BCUT2D eigenvalue weighted by molar-refractivity contribution is 7.22. The van der Waals surface area contributed by atoms with Gasteiger partial charge in [0, 0.05) is 0 Å². The number of aromatic nitrogens is 1. The zero-order valence-corrected chi connectivity index (χ0v) is 7.14. The molecule has 62 valence electrons. The third kappa shape index (κ3) is 1.15. The van der Waals surface area contributed by atoms with Crippen LogP contribution < -0.4 is 5.73 Å². The Balaban J connectivity index is 2.66. The Bertz CT molecular complexity index is 410. The number of rotatable bonds is 1. The molecule has 3 N–H and O–H groups in total. The van der Waals surface area contributed by atoms with Crippen LogP contribution in [0.25, 0.3) is 10.2 Å². The van der Waals surface area contributed by atoms with Crippen molar-refractivity contribution in [1.82, 2.24) is 4.98 Å². The first-order chi connectivity index (χ1) is 5.79. The SMILES string of the molecule is Nc1nc2cc(CO)ccc2s1. The first-order valence-electron chi connectivity index (χ1n) is 3.55. The van der Waals surface area contributed by atoms with Crippen LogP contribution >= 0.6 is 11.3 Å². The van der Waals surface area contributed by atoms with E-state index in [0.29, 0.717) is 5.13 Å². The summed E-state index contributed by atoms with van der Waals surface area (Å²) in [6.07, 6.45) is 0. The van der Waals surface area contributed by atoms with Gasteiger partial charge in [-0.15, -0.1) is 0 Å². The average molecular weight is 180 g/mol. The topological polar surface area (TPSA) is 59.1 Å². The van der Waals surface area contributed by atoms with Crippen LogP contribution in [0.5, 0.6) is 0 Å². The molecule has 1 aromatic heterocycles. The first-order valence-corrected chi connectivity index (χ1v) is 4.37. The second-order valence-corrected chi connectivity index (χ2v) is 3.57. The second-order valence-electron chi connectivity index (χ2n) is 2.51. The highest BCUT2D eigenvalue weighted by atomic mass is 32.1. The summed E-state index contributed by atoms with van der Waals surface area (Å²) >= 11 is 1.46. The van der Waals surface area contributed by atoms with E-state index in [9.17, 15) is 0 Å². The molecule has 4 heteroatoms. The van der Waals surface area contributed by atoms with E-state index >= 15 is 0 Å². The van der Waals surface area contributed by atoms with Crippen molar-refractivity contribution in [2.75, 3.05) is 5.73 Å². The Morgan fingerprint density at radius 1 is 1.50 bits per heavy atom. The number of hydrogen-bond acceptors (Lipinski definition) is 4. The molecule has 12 heavy (non-hydrogen) atoms. The maximum Gasteiger partial charge on any atom is 0.181 e. The molecule has 1 heterocycles. The number of benzene rings is 1. The van der Waals surface area contributed by atoms with Crippen LogP contribution in [0.15, 0.2) is 18.2 Å². The van der Waals surface area contributed by atoms with Crippen LogP contribution in [0.2, 0.25) is 0 Å². The Labute approximate surface area is 73.5 Å². The number of nitrogen functional groups attached to an aromatic ring is 1. The lowest BCUT2D eigenvalue weighted by atomic mass is 10.2. The summed E-state index contributed by atoms with van der Waals surface area (Å²) in [4.78, 5) is 4.11. The minimum atomic E-state index is 0.0490. The highest BCUT2D eigenvalue weighted by Crippen LogP contribution is 2.24. The number of hydrogen-bond donors (Lipinski definition) is 2. The van der Waals surface area contributed by atoms with Crippen molar-refractivity contribution in [2.24, 2.45) is 0 Å². The van der Waals surface area contributed by atoms with E-state index in [0.717, 1.165) is 15.8 Å². The summed E-state index contributed by atoms with van der Waals surface area (Å²) in [6.45, 7) is 0.0490. The van der Waals surface area contributed by atoms with Crippen LogP contribution in [-0.2, 0) is 6.61 Å². The van der Waals surface area contributed by atoms with Gasteiger partial charge in [0.15, 0.2) is 5.13 Å². The third-order valence-electron chi connectivity index (χ3n) is 1.65. The number of aliphatic hydroxyl groups excluding tert-OH is 1. The van der Waals surface area contributed by atoms with E-state index in [1.54, 1.807) is 0 Å². The van der Waals surface area contributed by atoms with Gasteiger partial charge in [0.2, 0.25) is 0 Å². The van der Waals surface area contributed by atoms with Crippen molar-refractivity contribution in [3.8, 4) is 0 Å². The molecule has 0 fully saturated rings. The lowest BCUT2D eigenvalue weighted by Gasteiger charge is -1.92. The number of aliphatic hydroxyl groups is 1. The van der Waals surface area contributed by atoms with E-state index in [2.05, 4.69) is 4.98 Å². The molecule has 2 rings (SSSR count). The van der Waals surface area contributed by atoms with E-state index in [-0.39, 0.29) is 6.61 Å². The molecule has 0 saturated carbocycles. The van der Waals surface area contributed by atoms with Gasteiger partial charge in [-0.2, -0.15) is 0 Å². The minimum Gasteiger partial charge on any atom is -0.392 e. The molecule has 0 saturated heterocycles. The van der Waals surface area contributed by atoms with Gasteiger partial charge >= 0.3 is 0 Å². The fraction of sp³-hybridized carbons (Fsp3) is 0.125. The van der Waals surface area contributed by atoms with Gasteiger partial charge in [-0.3, -0.25) is 0 Å². The number of nitrogens with two attached hydrogens (primary N) is 1. The molecule has 0 amide bonds. The van der Waals surface area contributed by atoms with E-state index in [1.807, 2.05) is 18.2 Å². The summed E-state index contributed by atoms with van der Waals surface area (Å²) in [7, 11) is 0. The smallest absolute Gasteiger partial charge is 0.181 e. The number of nitrogens with zero attached hydrogens (tertiary/aromatic N) is 1. The Morgan fingerprint density at radius 2 is 2.33 bits per heavy atom. The molecule has 0 unspecified atom stereocenters. The van der Waals surface area contributed by atoms with Gasteiger partial charge in [0.1, 0.15) is 0 Å². The molecule has 0 aliphatic rings. The normalized spacial score (nSPS) is 10.8. The maximum atomic E-state index is 8.85. The van der Waals surface area contributed by atoms with Crippen molar-refractivity contribution in [3.05, 3.63) is 23.8 Å². The molecule has 0 aliphatic carbocycles. The van der Waals surface area contributed by atoms with Crippen LogP contribution in [0.3, 0.4) is 0 Å². The second kappa shape index (κ2) is 2.73. The van der Waals surface area contributed by atoms with E-state index in [4.69, 9.17) is 10.8 Å². The summed E-state index contributed by atoms with van der Waals surface area (Å²) in [5.41, 5.74) is 7.26. The minimum absolute atomic E-state index is 0.0490. The fourth-order valence-corrected chi connectivity index (χ4v) is 1.80. The van der Waals surface area contributed by atoms with Gasteiger partial charge in [0.25, 0.3) is 0 Å². The van der Waals surface area contributed by atoms with E-state index in [1.165, 1.54) is 11.3 Å². The third-order valence-corrected chi connectivity index (χ3v) is 2.52. The molecule has 3 nitrogen and oxygen atoms in total. The highest BCUT2D eigenvalue weighted by Gasteiger charge is 2.00. The molecular weight excluding hydrogens is 172 g/mol. The average Bonchev–Trinajstić information content (AvgIpc) is 2.43. The number of anilines is 1. The summed E-state index contributed by atoms with van der Waals surface area (Å²) in [5, 5.41) is 9.42. The van der Waals surface area contributed by atoms with Gasteiger partial charge < -0.3 is 10.8 Å². The summed E-state index contributed by atoms with van der Waals surface area (Å²) in [6, 6.07) is 5.65. The Kier molecular flexibility index (Phi) is 1.71. The predicted molar refractivity (Wildman–Crippen MR) is 50.0 cm³/mol. The molecule has 0 spiro atoms. The fourth-order valence-electron chi connectivity index (χ4n) is 1.09. The molecule has 2 aromatic rings. The van der Waals surface area contributed by atoms with Crippen LogP contribution in [0.1, 0.15) is 5.56 Å². The zero-order chi connectivity index (χ0) is 8.55. The van der Waals surface area contributed by atoms with Crippen LogP contribution in [0, 0.1) is 0 Å². The van der Waals surface area contributed by atoms with Crippen molar-refractivity contribution in [2.45, 2.75) is 6.61 Å². The van der Waals surface area contributed by atoms with Gasteiger partial charge in [0.05, 0.1) is 16.8 Å². The molecule has 0 atom stereocenters. The van der Waals surface area contributed by atoms with Crippen LogP contribution in [0.4, 0.5) is 5.13 Å². The quantitative estimate of drug-likeness (QED) is 0.696. The van der Waals surface area contributed by atoms with Crippen molar-refractivity contribution in [1.29, 1.82) is 0 Å². The van der Waals surface area contributed by atoms with Crippen LogP contribution in [-0.4, -0.2) is 10.1 Å². The first kappa shape index (κ1) is 7.52. The monoisotopic (exact) mass is 180 g/mol. The van der Waals surface area contributed by atoms with Crippen molar-refractivity contribution in [3.63, 3.8) is 0 Å². The number of fused-ring (bicyclic) bond motifs is 1. The zero-order valence-electron chi connectivity index (χ0n) is 6.32. The lowest BCUT2D eigenvalue weighted by molar-refractivity contribution is 0.282. The summed E-state index contributed by atoms with van der Waals surface area (Å²) in [5.74, 6) is 0. The number of thiazole rings is 1. The van der Waals surface area contributed by atoms with Crippen molar-refractivity contribution >= 4 is 26.7 Å². The van der Waals surface area contributed by atoms with Gasteiger partial charge in [-0.1, -0.05) is 17.4 Å². The predicted octanol–water partition coefficient (Wildman–Crippen LogP) is 1.37. The summed E-state index contributed by atoms with van der Waals surface area (Å²) < 4.78 is 1.06. The lowest BCUT2D eigenvalue weighted by Crippen LogP contribution is -1.82. The Hall–Kier alpha value is -1.13. The van der Waals surface area contributed by atoms with Crippen molar-refractivity contribution < 1.29 is 5.11 Å². The van der Waals surface area contributed by atoms with Gasteiger partial charge in [-0.25, -0.2) is 4.98 Å².